The minimum absolute atomic E-state index is 0.0969. The van der Waals surface area contributed by atoms with Gasteiger partial charge in [0, 0.05) is 6.04 Å². The number of carbonyl (C=O) groups excluding carboxylic acids is 1. The van der Waals surface area contributed by atoms with E-state index in [-0.39, 0.29) is 18.2 Å². The molecule has 4 nitrogen and oxygen atoms in total. The van der Waals surface area contributed by atoms with Crippen LogP contribution in [0.2, 0.25) is 0 Å². The average Bonchev–Trinajstić information content (AvgIpc) is 2.79. The predicted molar refractivity (Wildman–Crippen MR) is 72.8 cm³/mol. The second-order valence-electron chi connectivity index (χ2n) is 4.85. The van der Waals surface area contributed by atoms with E-state index in [1.54, 1.807) is 4.90 Å². The molecule has 0 aromatic heterocycles. The lowest BCUT2D eigenvalue weighted by Crippen LogP contribution is -2.35. The molecular weight excluding hydrogens is 242 g/mol. The number of likely N-dealkylation sites (tertiary alicyclic amines) is 1. The number of rotatable bonds is 4. The van der Waals surface area contributed by atoms with Crippen LogP contribution in [-0.4, -0.2) is 36.3 Å². The monoisotopic (exact) mass is 263 g/mol. The van der Waals surface area contributed by atoms with Crippen molar-refractivity contribution in [3.05, 3.63) is 35.9 Å². The lowest BCUT2D eigenvalue weighted by atomic mass is 10.2. The Morgan fingerprint density at radius 3 is 2.79 bits per heavy atom. The molecule has 104 valence electrons. The largest absolute Gasteiger partial charge is 0.450 e. The van der Waals surface area contributed by atoms with Crippen LogP contribution in [0, 0.1) is 0 Å². The van der Waals surface area contributed by atoms with Crippen LogP contribution < -0.4 is 0 Å². The molecule has 1 saturated heterocycles. The molecule has 0 bridgehead atoms. The topological polar surface area (TPSA) is 38.8 Å². The molecule has 2 atom stereocenters. The molecule has 0 radical (unpaired) electrons. The molecule has 2 rings (SSSR count). The Balaban J connectivity index is 1.82. The zero-order valence-electron chi connectivity index (χ0n) is 11.5. The van der Waals surface area contributed by atoms with Crippen LogP contribution in [0.25, 0.3) is 0 Å². The van der Waals surface area contributed by atoms with Gasteiger partial charge in [-0.15, -0.1) is 0 Å². The summed E-state index contributed by atoms with van der Waals surface area (Å²) >= 11 is 0. The molecule has 4 heteroatoms. The Labute approximate surface area is 114 Å². The van der Waals surface area contributed by atoms with Gasteiger partial charge >= 0.3 is 6.09 Å². The number of amides is 1. The average molecular weight is 263 g/mol. The molecule has 1 heterocycles. The van der Waals surface area contributed by atoms with Crippen molar-refractivity contribution in [2.45, 2.75) is 39.0 Å². The Bertz CT molecular complexity index is 407. The summed E-state index contributed by atoms with van der Waals surface area (Å²) in [4.78, 5) is 13.5. The molecular formula is C15H21NO3. The van der Waals surface area contributed by atoms with E-state index in [4.69, 9.17) is 9.47 Å². The fourth-order valence-corrected chi connectivity index (χ4v) is 2.35. The molecule has 0 spiro atoms. The number of ether oxygens (including phenoxy) is 2. The molecule has 1 amide bonds. The van der Waals surface area contributed by atoms with Gasteiger partial charge in [0.05, 0.1) is 25.9 Å². The van der Waals surface area contributed by atoms with Crippen LogP contribution in [0.4, 0.5) is 4.79 Å². The van der Waals surface area contributed by atoms with Crippen molar-refractivity contribution in [2.24, 2.45) is 0 Å². The predicted octanol–water partition coefficient (Wildman–Crippen LogP) is 2.82. The standard InChI is InChI=1S/C15H21NO3/c1-3-18-15(17)16-10-14(9-12(16)2)19-11-13-7-5-4-6-8-13/h4-8,12,14H,3,9-11H2,1-2H3. The summed E-state index contributed by atoms with van der Waals surface area (Å²) in [7, 11) is 0. The molecule has 1 aliphatic heterocycles. The Morgan fingerprint density at radius 1 is 1.37 bits per heavy atom. The van der Waals surface area contributed by atoms with Crippen molar-refractivity contribution >= 4 is 6.09 Å². The molecule has 0 saturated carbocycles. The maximum absolute atomic E-state index is 11.7. The Kier molecular flexibility index (Phi) is 4.80. The number of nitrogens with zero attached hydrogens (tertiary/aromatic N) is 1. The van der Waals surface area contributed by atoms with E-state index in [1.165, 1.54) is 0 Å². The summed E-state index contributed by atoms with van der Waals surface area (Å²) in [5.41, 5.74) is 1.16. The van der Waals surface area contributed by atoms with Crippen LogP contribution in [0.3, 0.4) is 0 Å². The number of hydrogen-bond acceptors (Lipinski definition) is 3. The molecule has 2 unspecified atom stereocenters. The van der Waals surface area contributed by atoms with Gasteiger partial charge in [-0.25, -0.2) is 4.79 Å². The first-order valence-corrected chi connectivity index (χ1v) is 6.79. The summed E-state index contributed by atoms with van der Waals surface area (Å²) in [5.74, 6) is 0. The summed E-state index contributed by atoms with van der Waals surface area (Å²) in [6.45, 7) is 5.48. The van der Waals surface area contributed by atoms with Crippen molar-refractivity contribution in [3.8, 4) is 0 Å². The van der Waals surface area contributed by atoms with Crippen LogP contribution in [0.5, 0.6) is 0 Å². The summed E-state index contributed by atoms with van der Waals surface area (Å²) in [5, 5.41) is 0. The van der Waals surface area contributed by atoms with Gasteiger partial charge in [-0.05, 0) is 25.8 Å². The Morgan fingerprint density at radius 2 is 2.11 bits per heavy atom. The third-order valence-corrected chi connectivity index (χ3v) is 3.37. The van der Waals surface area contributed by atoms with E-state index < -0.39 is 0 Å². The SMILES string of the molecule is CCOC(=O)N1CC(OCc2ccccc2)CC1C. The third-order valence-electron chi connectivity index (χ3n) is 3.37. The molecule has 1 fully saturated rings. The molecule has 1 aliphatic rings. The first-order chi connectivity index (χ1) is 9.20. The highest BCUT2D eigenvalue weighted by Gasteiger charge is 2.33. The van der Waals surface area contributed by atoms with Gasteiger partial charge in [0.15, 0.2) is 0 Å². The van der Waals surface area contributed by atoms with E-state index in [1.807, 2.05) is 44.2 Å². The first kappa shape index (κ1) is 13.9. The first-order valence-electron chi connectivity index (χ1n) is 6.79. The molecule has 0 aliphatic carbocycles. The minimum Gasteiger partial charge on any atom is -0.450 e. The van der Waals surface area contributed by atoms with Crippen LogP contribution >= 0.6 is 0 Å². The highest BCUT2D eigenvalue weighted by atomic mass is 16.6. The van der Waals surface area contributed by atoms with Gasteiger partial charge in [-0.1, -0.05) is 30.3 Å². The smallest absolute Gasteiger partial charge is 0.410 e. The minimum atomic E-state index is -0.235. The van der Waals surface area contributed by atoms with Gasteiger partial charge in [0.2, 0.25) is 0 Å². The highest BCUT2D eigenvalue weighted by Crippen LogP contribution is 2.21. The summed E-state index contributed by atoms with van der Waals surface area (Å²) < 4.78 is 10.9. The molecule has 19 heavy (non-hydrogen) atoms. The van der Waals surface area contributed by atoms with Gasteiger partial charge in [0.1, 0.15) is 0 Å². The maximum Gasteiger partial charge on any atom is 0.410 e. The zero-order valence-corrected chi connectivity index (χ0v) is 11.5. The molecule has 1 aromatic carbocycles. The van der Waals surface area contributed by atoms with Crippen molar-refractivity contribution in [3.63, 3.8) is 0 Å². The van der Waals surface area contributed by atoms with Crippen LogP contribution in [0.15, 0.2) is 30.3 Å². The molecule has 0 N–H and O–H groups in total. The molecule has 1 aromatic rings. The van der Waals surface area contributed by atoms with Gasteiger partial charge in [0.25, 0.3) is 0 Å². The summed E-state index contributed by atoms with van der Waals surface area (Å²) in [6.07, 6.45) is 0.728. The van der Waals surface area contributed by atoms with Gasteiger partial charge < -0.3 is 14.4 Å². The van der Waals surface area contributed by atoms with Crippen molar-refractivity contribution < 1.29 is 14.3 Å². The Hall–Kier alpha value is -1.55. The van der Waals surface area contributed by atoms with E-state index in [0.717, 1.165) is 12.0 Å². The lowest BCUT2D eigenvalue weighted by Gasteiger charge is -2.19. The van der Waals surface area contributed by atoms with Crippen molar-refractivity contribution in [2.75, 3.05) is 13.2 Å². The number of carbonyl (C=O) groups is 1. The van der Waals surface area contributed by atoms with Crippen LogP contribution in [0.1, 0.15) is 25.8 Å². The summed E-state index contributed by atoms with van der Waals surface area (Å²) in [6, 6.07) is 10.3. The fourth-order valence-electron chi connectivity index (χ4n) is 2.35. The van der Waals surface area contributed by atoms with E-state index in [9.17, 15) is 4.79 Å². The van der Waals surface area contributed by atoms with Crippen LogP contribution in [-0.2, 0) is 16.1 Å². The second kappa shape index (κ2) is 6.57. The second-order valence-corrected chi connectivity index (χ2v) is 4.85. The van der Waals surface area contributed by atoms with E-state index >= 15 is 0 Å². The maximum atomic E-state index is 11.7. The van der Waals surface area contributed by atoms with E-state index in [0.29, 0.717) is 19.8 Å². The third kappa shape index (κ3) is 3.70. The van der Waals surface area contributed by atoms with Gasteiger partial charge in [-0.3, -0.25) is 0 Å². The fraction of sp³-hybridized carbons (Fsp3) is 0.533. The number of hydrogen-bond donors (Lipinski definition) is 0. The zero-order chi connectivity index (χ0) is 13.7. The van der Waals surface area contributed by atoms with Crippen molar-refractivity contribution in [1.29, 1.82) is 0 Å². The van der Waals surface area contributed by atoms with Crippen molar-refractivity contribution in [1.82, 2.24) is 4.90 Å². The normalized spacial score (nSPS) is 22.5. The quantitative estimate of drug-likeness (QED) is 0.838. The number of benzene rings is 1. The lowest BCUT2D eigenvalue weighted by molar-refractivity contribution is 0.0442. The highest BCUT2D eigenvalue weighted by molar-refractivity contribution is 5.68. The van der Waals surface area contributed by atoms with Gasteiger partial charge in [-0.2, -0.15) is 0 Å². The van der Waals surface area contributed by atoms with E-state index in [2.05, 4.69) is 0 Å².